The summed E-state index contributed by atoms with van der Waals surface area (Å²) in [5.74, 6) is 0.530. The molecule has 0 aromatic carbocycles. The van der Waals surface area contributed by atoms with E-state index in [0.29, 0.717) is 18.8 Å². The van der Waals surface area contributed by atoms with E-state index >= 15 is 0 Å². The lowest BCUT2D eigenvalue weighted by molar-refractivity contribution is 0.0891. The third-order valence-electron chi connectivity index (χ3n) is 2.40. The standard InChI is InChI=1S/C8H16FN/c1-7-3-2-4-8(9,5-7)6-10/h7H,2-6,10H2,1H3. The van der Waals surface area contributed by atoms with Gasteiger partial charge in [0.1, 0.15) is 5.67 Å². The van der Waals surface area contributed by atoms with Gasteiger partial charge < -0.3 is 5.73 Å². The first kappa shape index (κ1) is 7.99. The molecule has 1 nitrogen and oxygen atoms in total. The van der Waals surface area contributed by atoms with Crippen LogP contribution in [-0.2, 0) is 0 Å². The van der Waals surface area contributed by atoms with Crippen molar-refractivity contribution in [3.63, 3.8) is 0 Å². The van der Waals surface area contributed by atoms with E-state index in [1.165, 1.54) is 6.42 Å². The van der Waals surface area contributed by atoms with Crippen molar-refractivity contribution >= 4 is 0 Å². The number of halogens is 1. The van der Waals surface area contributed by atoms with Gasteiger partial charge in [0.25, 0.3) is 0 Å². The second kappa shape index (κ2) is 2.87. The second-order valence-corrected chi connectivity index (χ2v) is 3.56. The molecule has 0 spiro atoms. The van der Waals surface area contributed by atoms with Gasteiger partial charge in [0.15, 0.2) is 0 Å². The lowest BCUT2D eigenvalue weighted by atomic mass is 9.80. The average Bonchev–Trinajstić information content (AvgIpc) is 1.88. The molecule has 0 aromatic rings. The molecule has 0 bridgehead atoms. The number of hydrogen-bond donors (Lipinski definition) is 1. The van der Waals surface area contributed by atoms with Crippen LogP contribution in [0, 0.1) is 5.92 Å². The molecule has 2 heteroatoms. The molecule has 0 heterocycles. The first-order valence-corrected chi connectivity index (χ1v) is 4.05. The third-order valence-corrected chi connectivity index (χ3v) is 2.40. The van der Waals surface area contributed by atoms with Crippen molar-refractivity contribution in [3.05, 3.63) is 0 Å². The van der Waals surface area contributed by atoms with Crippen molar-refractivity contribution in [2.24, 2.45) is 11.7 Å². The van der Waals surface area contributed by atoms with Crippen molar-refractivity contribution in [2.45, 2.75) is 38.3 Å². The van der Waals surface area contributed by atoms with Gasteiger partial charge in [0.2, 0.25) is 0 Å². The maximum Gasteiger partial charge on any atom is 0.123 e. The highest BCUT2D eigenvalue weighted by Gasteiger charge is 2.32. The maximum absolute atomic E-state index is 13.4. The van der Waals surface area contributed by atoms with Gasteiger partial charge in [-0.05, 0) is 25.2 Å². The Bertz CT molecular complexity index is 116. The summed E-state index contributed by atoms with van der Waals surface area (Å²) in [6, 6.07) is 0. The van der Waals surface area contributed by atoms with Gasteiger partial charge in [-0.3, -0.25) is 0 Å². The normalized spacial score (nSPS) is 41.7. The first-order chi connectivity index (χ1) is 4.66. The Morgan fingerprint density at radius 1 is 1.70 bits per heavy atom. The Labute approximate surface area is 61.8 Å². The molecule has 1 rings (SSSR count). The van der Waals surface area contributed by atoms with Gasteiger partial charge >= 0.3 is 0 Å². The zero-order valence-electron chi connectivity index (χ0n) is 6.57. The van der Waals surface area contributed by atoms with Crippen LogP contribution in [0.3, 0.4) is 0 Å². The second-order valence-electron chi connectivity index (χ2n) is 3.56. The Hall–Kier alpha value is -0.110. The predicted molar refractivity (Wildman–Crippen MR) is 40.5 cm³/mol. The SMILES string of the molecule is CC1CCCC(F)(CN)C1. The Morgan fingerprint density at radius 3 is 2.80 bits per heavy atom. The monoisotopic (exact) mass is 145 g/mol. The van der Waals surface area contributed by atoms with Gasteiger partial charge in [-0.1, -0.05) is 13.3 Å². The van der Waals surface area contributed by atoms with Crippen molar-refractivity contribution in [1.82, 2.24) is 0 Å². The molecule has 1 aliphatic carbocycles. The quantitative estimate of drug-likeness (QED) is 0.599. The third kappa shape index (κ3) is 1.69. The van der Waals surface area contributed by atoms with Gasteiger partial charge in [0, 0.05) is 6.54 Å². The summed E-state index contributed by atoms with van der Waals surface area (Å²) in [5, 5.41) is 0. The van der Waals surface area contributed by atoms with Crippen LogP contribution in [0.4, 0.5) is 4.39 Å². The molecule has 0 aromatic heterocycles. The van der Waals surface area contributed by atoms with Gasteiger partial charge in [0.05, 0.1) is 0 Å². The van der Waals surface area contributed by atoms with Crippen LogP contribution in [0.25, 0.3) is 0 Å². The summed E-state index contributed by atoms with van der Waals surface area (Å²) in [5.41, 5.74) is 4.29. The minimum Gasteiger partial charge on any atom is -0.328 e. The fourth-order valence-electron chi connectivity index (χ4n) is 1.78. The number of hydrogen-bond acceptors (Lipinski definition) is 1. The first-order valence-electron chi connectivity index (χ1n) is 4.05. The lowest BCUT2D eigenvalue weighted by Crippen LogP contribution is -2.37. The molecule has 2 atom stereocenters. The van der Waals surface area contributed by atoms with Crippen molar-refractivity contribution in [1.29, 1.82) is 0 Å². The Kier molecular flexibility index (Phi) is 2.29. The number of alkyl halides is 1. The predicted octanol–water partition coefficient (Wildman–Crippen LogP) is 1.86. The zero-order valence-corrected chi connectivity index (χ0v) is 6.57. The maximum atomic E-state index is 13.4. The van der Waals surface area contributed by atoms with E-state index in [1.54, 1.807) is 0 Å². The molecule has 0 saturated heterocycles. The fraction of sp³-hybridized carbons (Fsp3) is 1.00. The molecule has 0 amide bonds. The highest BCUT2D eigenvalue weighted by molar-refractivity contribution is 4.86. The molecule has 1 aliphatic rings. The van der Waals surface area contributed by atoms with E-state index in [2.05, 4.69) is 6.92 Å². The molecule has 60 valence electrons. The van der Waals surface area contributed by atoms with Gasteiger partial charge in [-0.15, -0.1) is 0 Å². The van der Waals surface area contributed by atoms with Crippen LogP contribution in [0.5, 0.6) is 0 Å². The largest absolute Gasteiger partial charge is 0.328 e. The molecule has 1 saturated carbocycles. The van der Waals surface area contributed by atoms with Crippen LogP contribution < -0.4 is 5.73 Å². The number of nitrogens with two attached hydrogens (primary N) is 1. The van der Waals surface area contributed by atoms with E-state index in [-0.39, 0.29) is 6.54 Å². The highest BCUT2D eigenvalue weighted by atomic mass is 19.1. The highest BCUT2D eigenvalue weighted by Crippen LogP contribution is 2.34. The summed E-state index contributed by atoms with van der Waals surface area (Å²) < 4.78 is 13.4. The van der Waals surface area contributed by atoms with Crippen LogP contribution in [0.1, 0.15) is 32.6 Å². The molecule has 0 radical (unpaired) electrons. The molecular weight excluding hydrogens is 129 g/mol. The van der Waals surface area contributed by atoms with Crippen molar-refractivity contribution < 1.29 is 4.39 Å². The van der Waals surface area contributed by atoms with Gasteiger partial charge in [-0.2, -0.15) is 0 Å². The molecule has 2 unspecified atom stereocenters. The zero-order chi connectivity index (χ0) is 7.61. The van der Waals surface area contributed by atoms with Crippen molar-refractivity contribution in [3.8, 4) is 0 Å². The minimum absolute atomic E-state index is 0.206. The molecular formula is C8H16FN. The van der Waals surface area contributed by atoms with E-state index in [0.717, 1.165) is 6.42 Å². The van der Waals surface area contributed by atoms with Gasteiger partial charge in [-0.25, -0.2) is 4.39 Å². The van der Waals surface area contributed by atoms with Crippen LogP contribution in [0.15, 0.2) is 0 Å². The molecule has 10 heavy (non-hydrogen) atoms. The van der Waals surface area contributed by atoms with E-state index in [9.17, 15) is 4.39 Å². The topological polar surface area (TPSA) is 26.0 Å². The summed E-state index contributed by atoms with van der Waals surface area (Å²) in [4.78, 5) is 0. The van der Waals surface area contributed by atoms with E-state index in [4.69, 9.17) is 5.73 Å². The van der Waals surface area contributed by atoms with Crippen LogP contribution in [0.2, 0.25) is 0 Å². The molecule has 2 N–H and O–H groups in total. The van der Waals surface area contributed by atoms with Crippen molar-refractivity contribution in [2.75, 3.05) is 6.54 Å². The molecule has 1 fully saturated rings. The Balaban J connectivity index is 2.45. The lowest BCUT2D eigenvalue weighted by Gasteiger charge is -2.31. The summed E-state index contributed by atoms with van der Waals surface area (Å²) in [6.45, 7) is 2.31. The number of rotatable bonds is 1. The van der Waals surface area contributed by atoms with Crippen LogP contribution >= 0.6 is 0 Å². The van der Waals surface area contributed by atoms with E-state index < -0.39 is 5.67 Å². The summed E-state index contributed by atoms with van der Waals surface area (Å²) >= 11 is 0. The average molecular weight is 145 g/mol. The minimum atomic E-state index is -1.03. The fourth-order valence-corrected chi connectivity index (χ4v) is 1.78. The molecule has 0 aliphatic heterocycles. The van der Waals surface area contributed by atoms with Crippen LogP contribution in [-0.4, -0.2) is 12.2 Å². The smallest absolute Gasteiger partial charge is 0.123 e. The Morgan fingerprint density at radius 2 is 2.40 bits per heavy atom. The summed E-state index contributed by atoms with van der Waals surface area (Å²) in [6.07, 6.45) is 3.53. The summed E-state index contributed by atoms with van der Waals surface area (Å²) in [7, 11) is 0. The van der Waals surface area contributed by atoms with E-state index in [1.807, 2.05) is 0 Å².